The number of nitrogen functional groups attached to an aromatic ring is 1. The maximum absolute atomic E-state index is 9.24. The zero-order valence-electron chi connectivity index (χ0n) is 10.7. The van der Waals surface area contributed by atoms with Gasteiger partial charge in [-0.2, -0.15) is 20.1 Å². The summed E-state index contributed by atoms with van der Waals surface area (Å²) in [5.74, 6) is 6.15. The van der Waals surface area contributed by atoms with Crippen molar-refractivity contribution >= 4 is 11.9 Å². The van der Waals surface area contributed by atoms with Crippen LogP contribution in [0.25, 0.3) is 5.95 Å². The van der Waals surface area contributed by atoms with Crippen LogP contribution in [0, 0.1) is 0 Å². The van der Waals surface area contributed by atoms with Gasteiger partial charge in [-0.15, -0.1) is 0 Å². The molecule has 0 spiro atoms. The molecule has 0 aliphatic rings. The molecular formula is C10H16N8O. The zero-order valence-corrected chi connectivity index (χ0v) is 10.7. The third kappa shape index (κ3) is 3.14. The smallest absolute Gasteiger partial charge is 0.257 e. The van der Waals surface area contributed by atoms with Gasteiger partial charge in [0.05, 0.1) is 12.1 Å². The van der Waals surface area contributed by atoms with Gasteiger partial charge in [0, 0.05) is 12.4 Å². The first-order chi connectivity index (χ1) is 9.04. The van der Waals surface area contributed by atoms with E-state index >= 15 is 0 Å². The van der Waals surface area contributed by atoms with Crippen LogP contribution in [0.15, 0.2) is 18.5 Å². The lowest BCUT2D eigenvalue weighted by atomic mass is 10.1. The topological polar surface area (TPSA) is 127 Å². The molecule has 0 aromatic carbocycles. The first kappa shape index (κ1) is 13.2. The highest BCUT2D eigenvalue weighted by atomic mass is 16.3. The first-order valence-corrected chi connectivity index (χ1v) is 5.66. The summed E-state index contributed by atoms with van der Waals surface area (Å²) in [6.07, 6.45) is 3.32. The number of aliphatic hydroxyl groups is 1. The van der Waals surface area contributed by atoms with Crippen molar-refractivity contribution in [2.45, 2.75) is 19.4 Å². The highest BCUT2D eigenvalue weighted by Gasteiger charge is 2.18. The number of nitrogens with one attached hydrogen (secondary N) is 2. The Balaban J connectivity index is 2.37. The average Bonchev–Trinajstić information content (AvgIpc) is 2.91. The predicted molar refractivity (Wildman–Crippen MR) is 69.5 cm³/mol. The largest absolute Gasteiger partial charge is 0.394 e. The minimum atomic E-state index is -0.561. The van der Waals surface area contributed by atoms with E-state index in [1.807, 2.05) is 13.8 Å². The summed E-state index contributed by atoms with van der Waals surface area (Å²) < 4.78 is 1.49. The number of aromatic nitrogens is 5. The summed E-state index contributed by atoms with van der Waals surface area (Å²) in [5, 5.41) is 16.3. The van der Waals surface area contributed by atoms with Crippen molar-refractivity contribution < 1.29 is 5.11 Å². The lowest BCUT2D eigenvalue weighted by Gasteiger charge is -2.23. The van der Waals surface area contributed by atoms with Gasteiger partial charge >= 0.3 is 0 Å². The molecule has 0 fully saturated rings. The van der Waals surface area contributed by atoms with Gasteiger partial charge in [0.2, 0.25) is 11.9 Å². The second-order valence-electron chi connectivity index (χ2n) is 4.54. The standard InChI is InChI=1S/C10H16N8O/c1-10(2,6-19)16-7-13-8(17-11)15-9(14-7)18-5-3-4-12-18/h3-5,19H,6,11H2,1-2H3,(H2,13,14,15,16,17). The zero-order chi connectivity index (χ0) is 13.9. The quantitative estimate of drug-likeness (QED) is 0.421. The molecule has 19 heavy (non-hydrogen) atoms. The van der Waals surface area contributed by atoms with Crippen molar-refractivity contribution in [2.75, 3.05) is 17.3 Å². The lowest BCUT2D eigenvalue weighted by Crippen LogP contribution is -2.36. The van der Waals surface area contributed by atoms with E-state index in [9.17, 15) is 5.11 Å². The molecule has 102 valence electrons. The number of nitrogens with zero attached hydrogens (tertiary/aromatic N) is 5. The van der Waals surface area contributed by atoms with E-state index in [-0.39, 0.29) is 12.6 Å². The van der Waals surface area contributed by atoms with Crippen LogP contribution in [0.4, 0.5) is 11.9 Å². The molecule has 0 saturated heterocycles. The molecule has 2 aromatic heterocycles. The van der Waals surface area contributed by atoms with Crippen molar-refractivity contribution in [3.8, 4) is 5.95 Å². The van der Waals surface area contributed by atoms with Gasteiger partial charge < -0.3 is 10.4 Å². The van der Waals surface area contributed by atoms with Crippen LogP contribution in [0.2, 0.25) is 0 Å². The third-order valence-corrected chi connectivity index (χ3v) is 2.31. The summed E-state index contributed by atoms with van der Waals surface area (Å²) in [4.78, 5) is 12.4. The van der Waals surface area contributed by atoms with Crippen molar-refractivity contribution in [1.82, 2.24) is 24.7 Å². The van der Waals surface area contributed by atoms with E-state index in [1.54, 1.807) is 18.5 Å². The Labute approximate surface area is 109 Å². The monoisotopic (exact) mass is 264 g/mol. The molecule has 0 saturated carbocycles. The molecule has 9 heteroatoms. The second-order valence-corrected chi connectivity index (χ2v) is 4.54. The highest BCUT2D eigenvalue weighted by molar-refractivity contribution is 5.38. The van der Waals surface area contributed by atoms with Crippen molar-refractivity contribution in [2.24, 2.45) is 5.84 Å². The third-order valence-electron chi connectivity index (χ3n) is 2.31. The molecule has 2 rings (SSSR count). The van der Waals surface area contributed by atoms with E-state index in [0.717, 1.165) is 0 Å². The first-order valence-electron chi connectivity index (χ1n) is 5.66. The number of aliphatic hydroxyl groups excluding tert-OH is 1. The summed E-state index contributed by atoms with van der Waals surface area (Å²) in [7, 11) is 0. The van der Waals surface area contributed by atoms with Gasteiger partial charge in [-0.25, -0.2) is 10.5 Å². The van der Waals surface area contributed by atoms with Crippen LogP contribution in [0.1, 0.15) is 13.8 Å². The summed E-state index contributed by atoms with van der Waals surface area (Å²) in [6, 6.07) is 1.75. The lowest BCUT2D eigenvalue weighted by molar-refractivity contribution is 0.233. The molecular weight excluding hydrogens is 248 g/mol. The van der Waals surface area contributed by atoms with E-state index in [0.29, 0.717) is 11.9 Å². The number of hydrogen-bond donors (Lipinski definition) is 4. The summed E-state index contributed by atoms with van der Waals surface area (Å²) in [6.45, 7) is 3.57. The minimum Gasteiger partial charge on any atom is -0.394 e. The Kier molecular flexibility index (Phi) is 3.58. The molecule has 0 aliphatic heterocycles. The van der Waals surface area contributed by atoms with Crippen LogP contribution < -0.4 is 16.6 Å². The summed E-state index contributed by atoms with van der Waals surface area (Å²) >= 11 is 0. The Morgan fingerprint density at radius 1 is 1.32 bits per heavy atom. The summed E-state index contributed by atoms with van der Waals surface area (Å²) in [5.41, 5.74) is 1.81. The Morgan fingerprint density at radius 2 is 2.05 bits per heavy atom. The number of anilines is 2. The van der Waals surface area contributed by atoms with Crippen LogP contribution >= 0.6 is 0 Å². The van der Waals surface area contributed by atoms with Gasteiger partial charge in [0.15, 0.2) is 0 Å². The SMILES string of the molecule is CC(C)(CO)Nc1nc(NN)nc(-n2cccn2)n1. The van der Waals surface area contributed by atoms with Crippen molar-refractivity contribution in [1.29, 1.82) is 0 Å². The molecule has 2 heterocycles. The van der Waals surface area contributed by atoms with Crippen LogP contribution in [-0.4, -0.2) is 42.0 Å². The number of hydrogen-bond acceptors (Lipinski definition) is 8. The normalized spacial score (nSPS) is 11.4. The Hall–Kier alpha value is -2.26. The van der Waals surface area contributed by atoms with E-state index in [2.05, 4.69) is 30.8 Å². The van der Waals surface area contributed by atoms with Crippen molar-refractivity contribution in [3.05, 3.63) is 18.5 Å². The fraction of sp³-hybridized carbons (Fsp3) is 0.400. The maximum atomic E-state index is 9.24. The molecule has 9 nitrogen and oxygen atoms in total. The molecule has 5 N–H and O–H groups in total. The number of nitrogens with two attached hydrogens (primary N) is 1. The van der Waals surface area contributed by atoms with E-state index in [4.69, 9.17) is 5.84 Å². The molecule has 0 amide bonds. The van der Waals surface area contributed by atoms with Gasteiger partial charge in [-0.05, 0) is 19.9 Å². The molecule has 0 aliphatic carbocycles. The van der Waals surface area contributed by atoms with Crippen LogP contribution in [0.5, 0.6) is 0 Å². The number of rotatable bonds is 5. The second kappa shape index (κ2) is 5.16. The van der Waals surface area contributed by atoms with E-state index < -0.39 is 5.54 Å². The minimum absolute atomic E-state index is 0.0683. The van der Waals surface area contributed by atoms with Crippen LogP contribution in [-0.2, 0) is 0 Å². The van der Waals surface area contributed by atoms with Crippen LogP contribution in [0.3, 0.4) is 0 Å². The molecule has 0 bridgehead atoms. The Morgan fingerprint density at radius 3 is 2.63 bits per heavy atom. The molecule has 2 aromatic rings. The van der Waals surface area contributed by atoms with Gasteiger partial charge in [0.25, 0.3) is 5.95 Å². The average molecular weight is 264 g/mol. The molecule has 0 radical (unpaired) electrons. The fourth-order valence-corrected chi connectivity index (χ4v) is 1.32. The number of hydrazine groups is 1. The van der Waals surface area contributed by atoms with Gasteiger partial charge in [-0.1, -0.05) is 0 Å². The predicted octanol–water partition coefficient (Wildman–Crippen LogP) is -0.474. The van der Waals surface area contributed by atoms with Gasteiger partial charge in [-0.3, -0.25) is 5.43 Å². The van der Waals surface area contributed by atoms with Crippen molar-refractivity contribution in [3.63, 3.8) is 0 Å². The maximum Gasteiger partial charge on any atom is 0.257 e. The Bertz CT molecular complexity index is 538. The highest BCUT2D eigenvalue weighted by Crippen LogP contribution is 2.13. The van der Waals surface area contributed by atoms with E-state index in [1.165, 1.54) is 4.68 Å². The van der Waals surface area contributed by atoms with Gasteiger partial charge in [0.1, 0.15) is 0 Å². The molecule has 0 atom stereocenters. The fourth-order valence-electron chi connectivity index (χ4n) is 1.32. The molecule has 0 unspecified atom stereocenters.